The van der Waals surface area contributed by atoms with Crippen LogP contribution in [-0.4, -0.2) is 55.1 Å². The maximum absolute atomic E-state index is 4.42. The normalized spacial score (nSPS) is 15.6. The molecule has 0 spiro atoms. The van der Waals surface area contributed by atoms with Crippen molar-refractivity contribution >= 4 is 157 Å². The maximum Gasteiger partial charge on any atom is 0.0729 e. The van der Waals surface area contributed by atoms with E-state index in [1.165, 1.54) is 0 Å². The number of hydrogen-bond acceptors (Lipinski definition) is 13. The molecule has 0 aliphatic carbocycles. The molecule has 0 radical (unpaired) electrons. The summed E-state index contributed by atoms with van der Waals surface area (Å²) < 4.78 is 2.10. The molecule has 0 rings (SSSR count). The van der Waals surface area contributed by atoms with Crippen LogP contribution >= 0.6 is 157 Å². The van der Waals surface area contributed by atoms with E-state index >= 15 is 0 Å². The second kappa shape index (κ2) is 20.8. The summed E-state index contributed by atoms with van der Waals surface area (Å²) in [7, 11) is 0. The first kappa shape index (κ1) is 28.5. The van der Waals surface area contributed by atoms with Gasteiger partial charge in [-0.1, -0.05) is 0 Å². The first-order valence-electron chi connectivity index (χ1n) is 6.56. The molecule has 0 saturated heterocycles. The predicted molar refractivity (Wildman–Crippen MR) is 156 cm³/mol. The third-order valence-corrected chi connectivity index (χ3v) is 16.2. The van der Waals surface area contributed by atoms with E-state index in [1.807, 2.05) is 94.1 Å². The highest BCUT2D eigenvalue weighted by Gasteiger charge is 2.25. The van der Waals surface area contributed by atoms with Crippen LogP contribution in [0.2, 0.25) is 0 Å². The van der Waals surface area contributed by atoms with Gasteiger partial charge < -0.3 is 0 Å². The van der Waals surface area contributed by atoms with Crippen LogP contribution in [0.3, 0.4) is 0 Å². The SMILES string of the molecule is CSC(SCS)C(SCS)SCSC(SCS)C(SCS)SCS. The molecular formula is C11H24S13. The van der Waals surface area contributed by atoms with Gasteiger partial charge in [-0.05, 0) is 6.26 Å². The van der Waals surface area contributed by atoms with Gasteiger partial charge in [0.25, 0.3) is 0 Å². The van der Waals surface area contributed by atoms with Gasteiger partial charge in [-0.15, -0.1) is 94.1 Å². The summed E-state index contributed by atoms with van der Waals surface area (Å²) in [6.07, 6.45) is 2.18. The summed E-state index contributed by atoms with van der Waals surface area (Å²) in [4.78, 5) is 0. The summed E-state index contributed by atoms with van der Waals surface area (Å²) in [6.45, 7) is 0. The highest BCUT2D eigenvalue weighted by Crippen LogP contribution is 2.45. The largest absolute Gasteiger partial charge is 0.168 e. The lowest BCUT2D eigenvalue weighted by atomic mass is 10.9. The first-order valence-corrected chi connectivity index (χ1v) is 18.4. The Bertz CT molecular complexity index is 262. The molecule has 3 unspecified atom stereocenters. The van der Waals surface area contributed by atoms with Gasteiger partial charge in [-0.25, -0.2) is 0 Å². The fourth-order valence-corrected chi connectivity index (χ4v) is 16.5. The second-order valence-corrected chi connectivity index (χ2v) is 17.8. The molecule has 0 fully saturated rings. The Hall–Kier alpha value is 4.55. The molecule has 24 heavy (non-hydrogen) atoms. The zero-order chi connectivity index (χ0) is 18.2. The average molecular weight is 573 g/mol. The molecule has 0 aliphatic heterocycles. The van der Waals surface area contributed by atoms with Gasteiger partial charge in [0, 0.05) is 30.5 Å². The molecule has 0 aromatic heterocycles. The van der Waals surface area contributed by atoms with E-state index in [2.05, 4.69) is 69.4 Å². The Morgan fingerprint density at radius 3 is 1.12 bits per heavy atom. The Labute approximate surface area is 209 Å². The van der Waals surface area contributed by atoms with Gasteiger partial charge >= 0.3 is 0 Å². The quantitative estimate of drug-likeness (QED) is 0.0907. The van der Waals surface area contributed by atoms with Crippen LogP contribution in [0.5, 0.6) is 0 Å². The number of thiol groups is 5. The molecule has 0 heterocycles. The van der Waals surface area contributed by atoms with Gasteiger partial charge in [0.15, 0.2) is 0 Å². The summed E-state index contributed by atoms with van der Waals surface area (Å²) in [5, 5.41) is 5.33. The van der Waals surface area contributed by atoms with Crippen molar-refractivity contribution in [2.75, 3.05) is 36.8 Å². The van der Waals surface area contributed by atoms with E-state index < -0.39 is 0 Å². The minimum Gasteiger partial charge on any atom is -0.168 e. The van der Waals surface area contributed by atoms with Crippen molar-refractivity contribution in [3.8, 4) is 0 Å². The fraction of sp³-hybridized carbons (Fsp3) is 1.00. The Morgan fingerprint density at radius 2 is 0.792 bits per heavy atom. The lowest BCUT2D eigenvalue weighted by Gasteiger charge is -2.26. The van der Waals surface area contributed by atoms with Crippen LogP contribution in [0, 0.1) is 0 Å². The van der Waals surface area contributed by atoms with Crippen molar-refractivity contribution in [1.29, 1.82) is 0 Å². The summed E-state index contributed by atoms with van der Waals surface area (Å²) >= 11 is 37.5. The zero-order valence-corrected chi connectivity index (χ0v) is 24.1. The lowest BCUT2D eigenvalue weighted by molar-refractivity contribution is 1.35. The van der Waals surface area contributed by atoms with Crippen molar-refractivity contribution in [1.82, 2.24) is 0 Å². The summed E-state index contributed by atoms with van der Waals surface area (Å²) in [5.74, 6) is 0. The van der Waals surface area contributed by atoms with Crippen LogP contribution in [0.4, 0.5) is 0 Å². The van der Waals surface area contributed by atoms with Crippen LogP contribution in [0.25, 0.3) is 0 Å². The zero-order valence-electron chi connectivity index (χ0n) is 13.1. The van der Waals surface area contributed by atoms with Gasteiger partial charge in [0.2, 0.25) is 0 Å². The predicted octanol–water partition coefficient (Wildman–Crippen LogP) is 7.18. The minimum absolute atomic E-state index is 0.502. The molecule has 0 amide bonds. The van der Waals surface area contributed by atoms with Gasteiger partial charge in [-0.3, -0.25) is 0 Å². The lowest BCUT2D eigenvalue weighted by Crippen LogP contribution is -2.16. The van der Waals surface area contributed by atoms with Crippen LogP contribution in [0.1, 0.15) is 0 Å². The first-order chi connectivity index (χ1) is 11.7. The molecule has 146 valence electrons. The van der Waals surface area contributed by atoms with Crippen molar-refractivity contribution in [3.63, 3.8) is 0 Å². The van der Waals surface area contributed by atoms with Crippen LogP contribution in [-0.2, 0) is 0 Å². The minimum atomic E-state index is 0.502. The smallest absolute Gasteiger partial charge is 0.0729 e. The summed E-state index contributed by atoms with van der Waals surface area (Å²) in [5.41, 5.74) is 0. The van der Waals surface area contributed by atoms with E-state index in [4.69, 9.17) is 0 Å². The second-order valence-electron chi connectivity index (χ2n) is 3.64. The topological polar surface area (TPSA) is 0 Å². The van der Waals surface area contributed by atoms with Crippen molar-refractivity contribution < 1.29 is 0 Å². The Kier molecular flexibility index (Phi) is 24.8. The third-order valence-electron chi connectivity index (χ3n) is 2.34. The standard InChI is InChI=1S/C11H24S13/c1-17-8(18-2-12)9(19-3-13)23-7-24-11(22-6-16)10(20-4-14)21-5-15/h8-16H,2-7H2,1H3. The Balaban J connectivity index is 4.57. The molecule has 0 N–H and O–H groups in total. The molecule has 13 heteroatoms. The van der Waals surface area contributed by atoms with E-state index in [1.54, 1.807) is 0 Å². The number of rotatable bonds is 17. The van der Waals surface area contributed by atoms with Gasteiger partial charge in [0.1, 0.15) is 0 Å². The monoisotopic (exact) mass is 572 g/mol. The molecular weight excluding hydrogens is 549 g/mol. The average Bonchev–Trinajstić information content (AvgIpc) is 2.58. The molecule has 0 nitrogen and oxygen atoms in total. The van der Waals surface area contributed by atoms with E-state index in [-0.39, 0.29) is 0 Å². The highest BCUT2D eigenvalue weighted by molar-refractivity contribution is 8.32. The Morgan fingerprint density at radius 1 is 0.500 bits per heavy atom. The van der Waals surface area contributed by atoms with Crippen LogP contribution < -0.4 is 0 Å². The molecule has 3 atom stereocenters. The summed E-state index contributed by atoms with van der Waals surface area (Å²) in [6, 6.07) is 0. The third kappa shape index (κ3) is 13.7. The molecule has 0 aromatic rings. The molecule has 0 aromatic carbocycles. The van der Waals surface area contributed by atoms with Gasteiger partial charge in [-0.2, -0.15) is 63.1 Å². The fourth-order valence-electron chi connectivity index (χ4n) is 1.41. The maximum atomic E-state index is 4.42. The number of hydrogen-bond donors (Lipinski definition) is 5. The molecule has 0 bridgehead atoms. The van der Waals surface area contributed by atoms with E-state index in [9.17, 15) is 0 Å². The number of thioether (sulfide) groups is 8. The van der Waals surface area contributed by atoms with Crippen LogP contribution in [0.15, 0.2) is 0 Å². The van der Waals surface area contributed by atoms with Crippen molar-refractivity contribution in [3.05, 3.63) is 0 Å². The molecule has 0 saturated carbocycles. The molecule has 0 aliphatic rings. The van der Waals surface area contributed by atoms with Crippen molar-refractivity contribution in [2.24, 2.45) is 0 Å². The van der Waals surface area contributed by atoms with E-state index in [0.717, 1.165) is 30.5 Å². The van der Waals surface area contributed by atoms with Crippen molar-refractivity contribution in [2.45, 2.75) is 18.3 Å². The van der Waals surface area contributed by atoms with E-state index in [0.29, 0.717) is 18.3 Å². The van der Waals surface area contributed by atoms with Gasteiger partial charge in [0.05, 0.1) is 18.3 Å². The highest BCUT2D eigenvalue weighted by atomic mass is 32.3.